The molecule has 1 heteroatoms. The van der Waals surface area contributed by atoms with Gasteiger partial charge in [-0.05, 0) is 25.7 Å². The molecule has 0 aromatic carbocycles. The first-order valence-corrected chi connectivity index (χ1v) is 3.99. The van der Waals surface area contributed by atoms with Crippen molar-refractivity contribution in [3.63, 3.8) is 0 Å². The van der Waals surface area contributed by atoms with Gasteiger partial charge in [-0.2, -0.15) is 0 Å². The van der Waals surface area contributed by atoms with Crippen LogP contribution in [0, 0.1) is 5.92 Å². The SMILES string of the molecule is C=C1CCOC(C)CC1C. The quantitative estimate of drug-likeness (QED) is 0.469. The van der Waals surface area contributed by atoms with Crippen LogP contribution in [0.5, 0.6) is 0 Å². The predicted octanol–water partition coefficient (Wildman–Crippen LogP) is 2.38. The van der Waals surface area contributed by atoms with Gasteiger partial charge in [0.1, 0.15) is 0 Å². The fourth-order valence-electron chi connectivity index (χ4n) is 1.37. The summed E-state index contributed by atoms with van der Waals surface area (Å²) < 4.78 is 5.48. The Morgan fingerprint density at radius 2 is 2.20 bits per heavy atom. The Balaban J connectivity index is 2.49. The number of hydrogen-bond donors (Lipinski definition) is 0. The van der Waals surface area contributed by atoms with Crippen molar-refractivity contribution in [2.24, 2.45) is 5.92 Å². The highest BCUT2D eigenvalue weighted by Crippen LogP contribution is 2.22. The van der Waals surface area contributed by atoms with Crippen LogP contribution in [-0.2, 0) is 4.74 Å². The second-order valence-corrected chi connectivity index (χ2v) is 3.23. The van der Waals surface area contributed by atoms with Crippen molar-refractivity contribution in [3.05, 3.63) is 12.2 Å². The van der Waals surface area contributed by atoms with E-state index in [1.54, 1.807) is 0 Å². The molecule has 0 N–H and O–H groups in total. The molecule has 0 amide bonds. The molecular weight excluding hydrogens is 124 g/mol. The monoisotopic (exact) mass is 140 g/mol. The zero-order chi connectivity index (χ0) is 7.56. The lowest BCUT2D eigenvalue weighted by Crippen LogP contribution is -2.08. The van der Waals surface area contributed by atoms with E-state index in [9.17, 15) is 0 Å². The van der Waals surface area contributed by atoms with Crippen molar-refractivity contribution in [2.75, 3.05) is 6.61 Å². The molecule has 58 valence electrons. The summed E-state index contributed by atoms with van der Waals surface area (Å²) in [7, 11) is 0. The van der Waals surface area contributed by atoms with Gasteiger partial charge in [0.15, 0.2) is 0 Å². The van der Waals surface area contributed by atoms with Gasteiger partial charge in [0.05, 0.1) is 12.7 Å². The fourth-order valence-corrected chi connectivity index (χ4v) is 1.37. The maximum absolute atomic E-state index is 5.48. The zero-order valence-corrected chi connectivity index (χ0v) is 6.89. The van der Waals surface area contributed by atoms with E-state index in [2.05, 4.69) is 20.4 Å². The molecule has 1 aliphatic heterocycles. The van der Waals surface area contributed by atoms with Gasteiger partial charge in [0.2, 0.25) is 0 Å². The molecule has 1 saturated heterocycles. The van der Waals surface area contributed by atoms with Crippen molar-refractivity contribution in [1.29, 1.82) is 0 Å². The Morgan fingerprint density at radius 1 is 1.50 bits per heavy atom. The van der Waals surface area contributed by atoms with Crippen molar-refractivity contribution < 1.29 is 4.74 Å². The lowest BCUT2D eigenvalue weighted by molar-refractivity contribution is 0.0687. The van der Waals surface area contributed by atoms with Gasteiger partial charge in [0.25, 0.3) is 0 Å². The van der Waals surface area contributed by atoms with E-state index < -0.39 is 0 Å². The van der Waals surface area contributed by atoms with Crippen LogP contribution in [0.15, 0.2) is 12.2 Å². The van der Waals surface area contributed by atoms with Crippen LogP contribution in [0.4, 0.5) is 0 Å². The minimum absolute atomic E-state index is 0.425. The average Bonchev–Trinajstić information content (AvgIpc) is 1.96. The highest BCUT2D eigenvalue weighted by molar-refractivity contribution is 5.00. The number of ether oxygens (including phenoxy) is 1. The molecule has 0 spiro atoms. The zero-order valence-electron chi connectivity index (χ0n) is 6.89. The molecule has 0 saturated carbocycles. The highest BCUT2D eigenvalue weighted by Gasteiger charge is 2.15. The van der Waals surface area contributed by atoms with E-state index in [1.807, 2.05) is 0 Å². The molecule has 0 aromatic rings. The molecular formula is C9H16O. The van der Waals surface area contributed by atoms with Gasteiger partial charge in [-0.1, -0.05) is 19.1 Å². The van der Waals surface area contributed by atoms with E-state index in [0.717, 1.165) is 19.4 Å². The first-order chi connectivity index (χ1) is 4.70. The largest absolute Gasteiger partial charge is 0.378 e. The van der Waals surface area contributed by atoms with Gasteiger partial charge in [-0.15, -0.1) is 0 Å². The predicted molar refractivity (Wildman–Crippen MR) is 43.0 cm³/mol. The van der Waals surface area contributed by atoms with Crippen LogP contribution in [0.1, 0.15) is 26.7 Å². The van der Waals surface area contributed by atoms with Crippen molar-refractivity contribution in [1.82, 2.24) is 0 Å². The van der Waals surface area contributed by atoms with Crippen molar-refractivity contribution in [3.8, 4) is 0 Å². The summed E-state index contributed by atoms with van der Waals surface area (Å²) in [6, 6.07) is 0. The molecule has 10 heavy (non-hydrogen) atoms. The van der Waals surface area contributed by atoms with Crippen LogP contribution in [-0.4, -0.2) is 12.7 Å². The van der Waals surface area contributed by atoms with E-state index >= 15 is 0 Å². The van der Waals surface area contributed by atoms with Gasteiger partial charge in [-0.3, -0.25) is 0 Å². The summed E-state index contributed by atoms with van der Waals surface area (Å²) >= 11 is 0. The van der Waals surface area contributed by atoms with Crippen LogP contribution in [0.25, 0.3) is 0 Å². The normalized spacial score (nSPS) is 35.6. The Kier molecular flexibility index (Phi) is 2.50. The van der Waals surface area contributed by atoms with Crippen molar-refractivity contribution >= 4 is 0 Å². The lowest BCUT2D eigenvalue weighted by atomic mass is 9.96. The Morgan fingerprint density at radius 3 is 2.90 bits per heavy atom. The minimum atomic E-state index is 0.425. The molecule has 0 aliphatic carbocycles. The van der Waals surface area contributed by atoms with Crippen LogP contribution >= 0.6 is 0 Å². The summed E-state index contributed by atoms with van der Waals surface area (Å²) in [5.41, 5.74) is 1.35. The third-order valence-corrected chi connectivity index (χ3v) is 2.21. The topological polar surface area (TPSA) is 9.23 Å². The van der Waals surface area contributed by atoms with E-state index in [1.165, 1.54) is 5.57 Å². The second kappa shape index (κ2) is 3.20. The minimum Gasteiger partial charge on any atom is -0.378 e. The van der Waals surface area contributed by atoms with E-state index in [4.69, 9.17) is 4.74 Å². The molecule has 1 aliphatic rings. The molecule has 2 atom stereocenters. The molecule has 0 radical (unpaired) electrons. The molecule has 0 aromatic heterocycles. The van der Waals surface area contributed by atoms with Crippen LogP contribution < -0.4 is 0 Å². The Labute approximate surface area is 63.1 Å². The molecule has 1 heterocycles. The smallest absolute Gasteiger partial charge is 0.0552 e. The number of rotatable bonds is 0. The maximum atomic E-state index is 5.48. The molecule has 0 bridgehead atoms. The van der Waals surface area contributed by atoms with Gasteiger partial charge < -0.3 is 4.74 Å². The third kappa shape index (κ3) is 1.84. The highest BCUT2D eigenvalue weighted by atomic mass is 16.5. The average molecular weight is 140 g/mol. The Hall–Kier alpha value is -0.300. The summed E-state index contributed by atoms with van der Waals surface area (Å²) in [5, 5.41) is 0. The summed E-state index contributed by atoms with van der Waals surface area (Å²) in [6.45, 7) is 9.24. The third-order valence-electron chi connectivity index (χ3n) is 2.21. The van der Waals surface area contributed by atoms with Gasteiger partial charge in [0, 0.05) is 0 Å². The van der Waals surface area contributed by atoms with Crippen LogP contribution in [0.2, 0.25) is 0 Å². The van der Waals surface area contributed by atoms with Crippen LogP contribution in [0.3, 0.4) is 0 Å². The van der Waals surface area contributed by atoms with Gasteiger partial charge in [-0.25, -0.2) is 0 Å². The summed E-state index contributed by atoms with van der Waals surface area (Å²) in [6.07, 6.45) is 2.61. The first-order valence-electron chi connectivity index (χ1n) is 3.99. The molecule has 1 rings (SSSR count). The van der Waals surface area contributed by atoms with Crippen molar-refractivity contribution in [2.45, 2.75) is 32.8 Å². The molecule has 2 unspecified atom stereocenters. The second-order valence-electron chi connectivity index (χ2n) is 3.23. The summed E-state index contributed by atoms with van der Waals surface area (Å²) in [5.74, 6) is 0.650. The lowest BCUT2D eigenvalue weighted by Gasteiger charge is -2.11. The summed E-state index contributed by atoms with van der Waals surface area (Å²) in [4.78, 5) is 0. The fraction of sp³-hybridized carbons (Fsp3) is 0.778. The van der Waals surface area contributed by atoms with E-state index in [-0.39, 0.29) is 0 Å². The Bertz CT molecular complexity index is 129. The maximum Gasteiger partial charge on any atom is 0.0552 e. The molecule has 1 fully saturated rings. The first kappa shape index (κ1) is 7.80. The number of hydrogen-bond acceptors (Lipinski definition) is 1. The standard InChI is InChI=1S/C9H16O/c1-7-4-5-10-9(3)6-8(7)2/h8-9H,1,4-6H2,2-3H3. The van der Waals surface area contributed by atoms with Gasteiger partial charge >= 0.3 is 0 Å². The van der Waals surface area contributed by atoms with E-state index in [0.29, 0.717) is 12.0 Å². The molecule has 1 nitrogen and oxygen atoms in total.